The first-order valence-corrected chi connectivity index (χ1v) is 10.2. The van der Waals surface area contributed by atoms with Gasteiger partial charge in [0.1, 0.15) is 0 Å². The molecule has 27 heavy (non-hydrogen) atoms. The molecule has 1 N–H and O–H groups in total. The van der Waals surface area contributed by atoms with Crippen molar-refractivity contribution in [3.63, 3.8) is 0 Å². The minimum absolute atomic E-state index is 0. The van der Waals surface area contributed by atoms with Crippen molar-refractivity contribution >= 4 is 46.8 Å². The molecule has 2 heterocycles. The second kappa shape index (κ2) is 10.8. The van der Waals surface area contributed by atoms with Crippen molar-refractivity contribution < 1.29 is 0 Å². The Kier molecular flexibility index (Phi) is 8.76. The Bertz CT molecular complexity index is 783. The van der Waals surface area contributed by atoms with E-state index >= 15 is 0 Å². The fraction of sp³-hybridized carbons (Fsp3) is 0.429. The molecule has 0 atom stereocenters. The highest BCUT2D eigenvalue weighted by molar-refractivity contribution is 14.0. The molecule has 3 rings (SSSR count). The fourth-order valence-electron chi connectivity index (χ4n) is 3.31. The van der Waals surface area contributed by atoms with Crippen LogP contribution in [-0.4, -0.2) is 42.5 Å². The third kappa shape index (κ3) is 5.78. The molecule has 1 aliphatic heterocycles. The van der Waals surface area contributed by atoms with Gasteiger partial charge in [0.2, 0.25) is 0 Å². The fourth-order valence-corrected chi connectivity index (χ4v) is 4.33. The van der Waals surface area contributed by atoms with Crippen LogP contribution in [0.3, 0.4) is 0 Å². The topological polar surface area (TPSA) is 40.5 Å². The highest BCUT2D eigenvalue weighted by atomic mass is 127. The van der Waals surface area contributed by atoms with Crippen LogP contribution in [0.5, 0.6) is 0 Å². The largest absolute Gasteiger partial charge is 0.356 e. The van der Waals surface area contributed by atoms with Crippen LogP contribution in [0.4, 0.5) is 0 Å². The maximum Gasteiger partial charge on any atom is 0.193 e. The number of aryl methyl sites for hydroxylation is 2. The molecule has 0 bridgehead atoms. The van der Waals surface area contributed by atoms with Crippen molar-refractivity contribution in [3.05, 3.63) is 57.6 Å². The summed E-state index contributed by atoms with van der Waals surface area (Å²) in [5.41, 5.74) is 4.01. The SMILES string of the molecule is CCc1nc(CCNC(=NC)N2CC=C(c3ccccc3)CC2)sc1C.I. The molecule has 0 fully saturated rings. The van der Waals surface area contributed by atoms with Crippen molar-refractivity contribution in [1.29, 1.82) is 0 Å². The second-order valence-corrected chi connectivity index (χ2v) is 7.77. The van der Waals surface area contributed by atoms with Gasteiger partial charge in [-0.25, -0.2) is 4.98 Å². The number of hydrogen-bond donors (Lipinski definition) is 1. The number of hydrogen-bond acceptors (Lipinski definition) is 3. The summed E-state index contributed by atoms with van der Waals surface area (Å²) < 4.78 is 0. The molecule has 2 aromatic rings. The summed E-state index contributed by atoms with van der Waals surface area (Å²) in [5, 5.41) is 4.72. The summed E-state index contributed by atoms with van der Waals surface area (Å²) in [7, 11) is 1.86. The van der Waals surface area contributed by atoms with Gasteiger partial charge in [-0.1, -0.05) is 43.3 Å². The molecule has 0 radical (unpaired) electrons. The van der Waals surface area contributed by atoms with Crippen molar-refractivity contribution in [1.82, 2.24) is 15.2 Å². The first-order valence-electron chi connectivity index (χ1n) is 9.36. The Hall–Kier alpha value is -1.41. The molecule has 4 nitrogen and oxygen atoms in total. The van der Waals surface area contributed by atoms with Crippen LogP contribution in [0.2, 0.25) is 0 Å². The zero-order valence-electron chi connectivity index (χ0n) is 16.4. The van der Waals surface area contributed by atoms with E-state index in [-0.39, 0.29) is 24.0 Å². The molecule has 0 saturated carbocycles. The van der Waals surface area contributed by atoms with Gasteiger partial charge in [-0.2, -0.15) is 0 Å². The summed E-state index contributed by atoms with van der Waals surface area (Å²) in [4.78, 5) is 12.9. The maximum atomic E-state index is 4.72. The minimum atomic E-state index is 0. The Balaban J connectivity index is 0.00000261. The number of halogens is 1. The van der Waals surface area contributed by atoms with E-state index in [9.17, 15) is 0 Å². The zero-order chi connectivity index (χ0) is 18.4. The molecular formula is C21H29IN4S. The molecule has 1 aliphatic rings. The first-order chi connectivity index (χ1) is 12.7. The van der Waals surface area contributed by atoms with Crippen LogP contribution in [0.15, 0.2) is 41.4 Å². The standard InChI is InChI=1S/C21H28N4S.HI/c1-4-19-16(2)26-20(24-19)10-13-23-21(22-3)25-14-11-18(12-15-25)17-8-6-5-7-9-17;/h5-9,11H,4,10,12-15H2,1-3H3,(H,22,23);1H. The van der Waals surface area contributed by atoms with Crippen LogP contribution in [0.1, 0.15) is 34.5 Å². The number of guanidine groups is 1. The van der Waals surface area contributed by atoms with E-state index in [0.29, 0.717) is 0 Å². The normalized spacial score (nSPS) is 14.6. The third-order valence-electron chi connectivity index (χ3n) is 4.76. The van der Waals surface area contributed by atoms with E-state index in [1.54, 1.807) is 0 Å². The molecule has 0 unspecified atom stereocenters. The van der Waals surface area contributed by atoms with Gasteiger partial charge in [0, 0.05) is 38.0 Å². The average molecular weight is 496 g/mol. The van der Waals surface area contributed by atoms with E-state index in [1.807, 2.05) is 18.4 Å². The molecular weight excluding hydrogens is 467 g/mol. The highest BCUT2D eigenvalue weighted by Gasteiger charge is 2.16. The second-order valence-electron chi connectivity index (χ2n) is 6.48. The Morgan fingerprint density at radius 1 is 1.30 bits per heavy atom. The molecule has 1 aromatic heterocycles. The molecule has 1 aromatic carbocycles. The predicted molar refractivity (Wildman–Crippen MR) is 127 cm³/mol. The molecule has 0 aliphatic carbocycles. The molecule has 0 amide bonds. The van der Waals surface area contributed by atoms with Crippen molar-refractivity contribution in [2.75, 3.05) is 26.7 Å². The van der Waals surface area contributed by atoms with Crippen molar-refractivity contribution in [2.45, 2.75) is 33.1 Å². The lowest BCUT2D eigenvalue weighted by Crippen LogP contribution is -2.44. The lowest BCUT2D eigenvalue weighted by molar-refractivity contribution is 0.440. The first kappa shape index (κ1) is 21.9. The van der Waals surface area contributed by atoms with Crippen LogP contribution < -0.4 is 5.32 Å². The smallest absolute Gasteiger partial charge is 0.193 e. The Labute approximate surface area is 183 Å². The van der Waals surface area contributed by atoms with Gasteiger partial charge in [-0.3, -0.25) is 4.99 Å². The number of benzene rings is 1. The average Bonchev–Trinajstić information content (AvgIpc) is 3.06. The zero-order valence-corrected chi connectivity index (χ0v) is 19.5. The summed E-state index contributed by atoms with van der Waals surface area (Å²) >= 11 is 1.82. The van der Waals surface area contributed by atoms with Gasteiger partial charge in [-0.15, -0.1) is 35.3 Å². The number of nitrogens with one attached hydrogen (secondary N) is 1. The number of nitrogens with zero attached hydrogens (tertiary/aromatic N) is 3. The number of aliphatic imine (C=N–C) groups is 1. The maximum absolute atomic E-state index is 4.72. The van der Waals surface area contributed by atoms with Crippen LogP contribution in [0.25, 0.3) is 5.57 Å². The molecule has 6 heteroatoms. The quantitative estimate of drug-likeness (QED) is 0.376. The van der Waals surface area contributed by atoms with Gasteiger partial charge in [-0.05, 0) is 30.9 Å². The van der Waals surface area contributed by atoms with Gasteiger partial charge < -0.3 is 10.2 Å². The lowest BCUT2D eigenvalue weighted by Gasteiger charge is -2.29. The molecule has 146 valence electrons. The van der Waals surface area contributed by atoms with Gasteiger partial charge in [0.05, 0.1) is 10.7 Å². The summed E-state index contributed by atoms with van der Waals surface area (Å²) in [5.74, 6) is 0.984. The summed E-state index contributed by atoms with van der Waals surface area (Å²) in [6.45, 7) is 7.10. The van der Waals surface area contributed by atoms with E-state index in [0.717, 1.165) is 44.9 Å². The molecule has 0 saturated heterocycles. The van der Waals surface area contributed by atoms with Crippen LogP contribution in [-0.2, 0) is 12.8 Å². The van der Waals surface area contributed by atoms with Crippen LogP contribution in [0, 0.1) is 6.92 Å². The van der Waals surface area contributed by atoms with Crippen LogP contribution >= 0.6 is 35.3 Å². The van der Waals surface area contributed by atoms with E-state index in [4.69, 9.17) is 4.98 Å². The van der Waals surface area contributed by atoms with E-state index < -0.39 is 0 Å². The number of aromatic nitrogens is 1. The number of thiazole rings is 1. The minimum Gasteiger partial charge on any atom is -0.356 e. The van der Waals surface area contributed by atoms with E-state index in [2.05, 4.69) is 65.5 Å². The Morgan fingerprint density at radius 2 is 2.07 bits per heavy atom. The third-order valence-corrected chi connectivity index (χ3v) is 5.83. The summed E-state index contributed by atoms with van der Waals surface area (Å²) in [6.07, 6.45) is 5.34. The van der Waals surface area contributed by atoms with E-state index in [1.165, 1.54) is 26.7 Å². The van der Waals surface area contributed by atoms with Gasteiger partial charge in [0.15, 0.2) is 5.96 Å². The van der Waals surface area contributed by atoms with Gasteiger partial charge >= 0.3 is 0 Å². The van der Waals surface area contributed by atoms with Gasteiger partial charge in [0.25, 0.3) is 0 Å². The number of rotatable bonds is 5. The predicted octanol–water partition coefficient (Wildman–Crippen LogP) is 4.54. The molecule has 0 spiro atoms. The Morgan fingerprint density at radius 3 is 2.67 bits per heavy atom. The monoisotopic (exact) mass is 496 g/mol. The summed E-state index contributed by atoms with van der Waals surface area (Å²) in [6, 6.07) is 10.7. The van der Waals surface area contributed by atoms with Crippen molar-refractivity contribution in [2.24, 2.45) is 4.99 Å². The van der Waals surface area contributed by atoms with Crippen molar-refractivity contribution in [3.8, 4) is 0 Å². The lowest BCUT2D eigenvalue weighted by atomic mass is 10.00. The highest BCUT2D eigenvalue weighted by Crippen LogP contribution is 2.22.